The summed E-state index contributed by atoms with van der Waals surface area (Å²) in [7, 11) is 0. The van der Waals surface area contributed by atoms with Gasteiger partial charge in [0.1, 0.15) is 0 Å². The highest BCUT2D eigenvalue weighted by atomic mass is 16.3. The van der Waals surface area contributed by atoms with Crippen molar-refractivity contribution >= 4 is 5.91 Å². The predicted molar refractivity (Wildman–Crippen MR) is 60.9 cm³/mol. The number of hydrogen-bond donors (Lipinski definition) is 3. The lowest BCUT2D eigenvalue weighted by molar-refractivity contribution is 0.0677. The van der Waals surface area contributed by atoms with Crippen molar-refractivity contribution in [1.29, 1.82) is 0 Å². The number of nitrogens with zero attached hydrogens (tertiary/aromatic N) is 1. The van der Waals surface area contributed by atoms with Gasteiger partial charge in [0.05, 0.1) is 12.6 Å². The molecule has 1 atom stereocenters. The first-order valence-corrected chi connectivity index (χ1v) is 5.57. The Labute approximate surface area is 98.9 Å². The summed E-state index contributed by atoms with van der Waals surface area (Å²) in [5, 5.41) is 27.7. The molecule has 17 heavy (non-hydrogen) atoms. The average molecular weight is 237 g/mol. The number of phenolic OH excluding ortho intramolecular Hbond substituents is 2. The van der Waals surface area contributed by atoms with Gasteiger partial charge in [0, 0.05) is 12.1 Å². The molecule has 1 aliphatic rings. The third-order valence-corrected chi connectivity index (χ3v) is 3.07. The quantitative estimate of drug-likeness (QED) is 0.661. The summed E-state index contributed by atoms with van der Waals surface area (Å²) in [5.41, 5.74) is 0.320. The van der Waals surface area contributed by atoms with E-state index in [-0.39, 0.29) is 30.1 Å². The van der Waals surface area contributed by atoms with Crippen LogP contribution in [0.15, 0.2) is 18.2 Å². The summed E-state index contributed by atoms with van der Waals surface area (Å²) >= 11 is 0. The highest BCUT2D eigenvalue weighted by molar-refractivity contribution is 5.95. The van der Waals surface area contributed by atoms with E-state index in [1.165, 1.54) is 18.2 Å². The van der Waals surface area contributed by atoms with E-state index < -0.39 is 0 Å². The number of phenols is 2. The number of aliphatic hydroxyl groups excluding tert-OH is 1. The van der Waals surface area contributed by atoms with Crippen molar-refractivity contribution in [3.05, 3.63) is 23.8 Å². The molecule has 0 spiro atoms. The van der Waals surface area contributed by atoms with Crippen molar-refractivity contribution in [2.75, 3.05) is 13.2 Å². The van der Waals surface area contributed by atoms with Gasteiger partial charge in [0.2, 0.25) is 0 Å². The van der Waals surface area contributed by atoms with Gasteiger partial charge in [-0.1, -0.05) is 0 Å². The minimum Gasteiger partial charge on any atom is -0.504 e. The number of likely N-dealkylation sites (tertiary alicyclic amines) is 1. The molecule has 0 saturated carbocycles. The maximum Gasteiger partial charge on any atom is 0.254 e. The largest absolute Gasteiger partial charge is 0.504 e. The number of carbonyl (C=O) groups excluding carboxylic acids is 1. The Balaban J connectivity index is 2.21. The SMILES string of the molecule is O=C(c1ccc(O)c(O)c1)N1CCC[C@@H]1CO. The molecule has 5 nitrogen and oxygen atoms in total. The summed E-state index contributed by atoms with van der Waals surface area (Å²) in [6.07, 6.45) is 1.67. The van der Waals surface area contributed by atoms with E-state index in [2.05, 4.69) is 0 Å². The number of hydrogen-bond acceptors (Lipinski definition) is 4. The van der Waals surface area contributed by atoms with E-state index in [1.54, 1.807) is 4.90 Å². The molecular formula is C12H15NO4. The van der Waals surface area contributed by atoms with Crippen molar-refractivity contribution in [3.63, 3.8) is 0 Å². The van der Waals surface area contributed by atoms with Gasteiger partial charge in [-0.2, -0.15) is 0 Å². The highest BCUT2D eigenvalue weighted by Gasteiger charge is 2.28. The first kappa shape index (κ1) is 11.7. The summed E-state index contributed by atoms with van der Waals surface area (Å²) < 4.78 is 0. The maximum atomic E-state index is 12.1. The fraction of sp³-hybridized carbons (Fsp3) is 0.417. The molecule has 1 aromatic rings. The van der Waals surface area contributed by atoms with Crippen LogP contribution in [-0.2, 0) is 0 Å². The molecule has 1 heterocycles. The molecule has 0 unspecified atom stereocenters. The third kappa shape index (κ3) is 2.19. The Morgan fingerprint density at radius 3 is 2.76 bits per heavy atom. The lowest BCUT2D eigenvalue weighted by atomic mass is 10.1. The number of aliphatic hydroxyl groups is 1. The van der Waals surface area contributed by atoms with Crippen molar-refractivity contribution in [2.45, 2.75) is 18.9 Å². The Morgan fingerprint density at radius 1 is 1.35 bits per heavy atom. The number of amides is 1. The summed E-state index contributed by atoms with van der Waals surface area (Å²) in [5.74, 6) is -0.783. The maximum absolute atomic E-state index is 12.1. The number of benzene rings is 1. The van der Waals surface area contributed by atoms with Gasteiger partial charge >= 0.3 is 0 Å². The van der Waals surface area contributed by atoms with Crippen LogP contribution in [0.5, 0.6) is 11.5 Å². The standard InChI is InChI=1S/C12H15NO4/c14-7-9-2-1-5-13(9)12(17)8-3-4-10(15)11(16)6-8/h3-4,6,9,14-16H,1-2,5,7H2/t9-/m1/s1. The van der Waals surface area contributed by atoms with Gasteiger partial charge < -0.3 is 20.2 Å². The van der Waals surface area contributed by atoms with Crippen LogP contribution in [0.1, 0.15) is 23.2 Å². The topological polar surface area (TPSA) is 81.0 Å². The number of aromatic hydroxyl groups is 2. The van der Waals surface area contributed by atoms with Crippen molar-refractivity contribution in [1.82, 2.24) is 4.90 Å². The van der Waals surface area contributed by atoms with Crippen molar-refractivity contribution < 1.29 is 20.1 Å². The minimum atomic E-state index is -0.310. The zero-order valence-corrected chi connectivity index (χ0v) is 9.33. The van der Waals surface area contributed by atoms with E-state index in [4.69, 9.17) is 5.11 Å². The lowest BCUT2D eigenvalue weighted by Gasteiger charge is -2.23. The molecule has 92 valence electrons. The van der Waals surface area contributed by atoms with E-state index in [1.807, 2.05) is 0 Å². The first-order valence-electron chi connectivity index (χ1n) is 5.57. The van der Waals surface area contributed by atoms with Gasteiger partial charge in [-0.15, -0.1) is 0 Å². The van der Waals surface area contributed by atoms with Crippen LogP contribution in [0.25, 0.3) is 0 Å². The molecule has 1 saturated heterocycles. The zero-order chi connectivity index (χ0) is 12.4. The average Bonchev–Trinajstić information content (AvgIpc) is 2.80. The van der Waals surface area contributed by atoms with Crippen molar-refractivity contribution in [2.24, 2.45) is 0 Å². The normalized spacial score (nSPS) is 19.6. The summed E-state index contributed by atoms with van der Waals surface area (Å²) in [4.78, 5) is 13.7. The third-order valence-electron chi connectivity index (χ3n) is 3.07. The lowest BCUT2D eigenvalue weighted by Crippen LogP contribution is -2.37. The van der Waals surface area contributed by atoms with Crippen LogP contribution in [0.4, 0.5) is 0 Å². The molecule has 0 aliphatic carbocycles. The fourth-order valence-electron chi connectivity index (χ4n) is 2.12. The van der Waals surface area contributed by atoms with Crippen LogP contribution in [0.2, 0.25) is 0 Å². The van der Waals surface area contributed by atoms with Gasteiger partial charge in [-0.3, -0.25) is 4.79 Å². The van der Waals surface area contributed by atoms with Crippen LogP contribution in [0.3, 0.4) is 0 Å². The molecule has 5 heteroatoms. The summed E-state index contributed by atoms with van der Waals surface area (Å²) in [6, 6.07) is 3.85. The second-order valence-electron chi connectivity index (χ2n) is 4.18. The Kier molecular flexibility index (Phi) is 3.19. The van der Waals surface area contributed by atoms with Gasteiger partial charge in [-0.05, 0) is 31.0 Å². The van der Waals surface area contributed by atoms with E-state index in [0.717, 1.165) is 12.8 Å². The van der Waals surface area contributed by atoms with Crippen LogP contribution >= 0.6 is 0 Å². The predicted octanol–water partition coefficient (Wildman–Crippen LogP) is 0.695. The molecule has 2 rings (SSSR count). The van der Waals surface area contributed by atoms with Crippen LogP contribution in [0, 0.1) is 0 Å². The molecule has 1 amide bonds. The molecule has 0 radical (unpaired) electrons. The molecule has 0 bridgehead atoms. The number of rotatable bonds is 2. The smallest absolute Gasteiger partial charge is 0.254 e. The fourth-order valence-corrected chi connectivity index (χ4v) is 2.12. The number of carbonyl (C=O) groups is 1. The molecule has 1 aliphatic heterocycles. The monoisotopic (exact) mass is 237 g/mol. The van der Waals surface area contributed by atoms with E-state index in [0.29, 0.717) is 12.1 Å². The Hall–Kier alpha value is -1.75. The zero-order valence-electron chi connectivity index (χ0n) is 9.33. The molecule has 0 aromatic heterocycles. The van der Waals surface area contributed by atoms with E-state index >= 15 is 0 Å². The van der Waals surface area contributed by atoms with Crippen LogP contribution < -0.4 is 0 Å². The van der Waals surface area contributed by atoms with E-state index in [9.17, 15) is 15.0 Å². The molecule has 3 N–H and O–H groups in total. The van der Waals surface area contributed by atoms with Crippen molar-refractivity contribution in [3.8, 4) is 11.5 Å². The first-order chi connectivity index (χ1) is 8.13. The van der Waals surface area contributed by atoms with Gasteiger partial charge in [0.15, 0.2) is 11.5 Å². The second-order valence-corrected chi connectivity index (χ2v) is 4.18. The molecular weight excluding hydrogens is 222 g/mol. The second kappa shape index (κ2) is 4.63. The highest BCUT2D eigenvalue weighted by Crippen LogP contribution is 2.27. The Morgan fingerprint density at radius 2 is 2.12 bits per heavy atom. The molecule has 1 aromatic carbocycles. The molecule has 1 fully saturated rings. The van der Waals surface area contributed by atoms with Gasteiger partial charge in [-0.25, -0.2) is 0 Å². The Bertz CT molecular complexity index is 433. The minimum absolute atomic E-state index is 0.0458. The van der Waals surface area contributed by atoms with Crippen LogP contribution in [-0.4, -0.2) is 45.3 Å². The van der Waals surface area contributed by atoms with Gasteiger partial charge in [0.25, 0.3) is 5.91 Å². The summed E-state index contributed by atoms with van der Waals surface area (Å²) in [6.45, 7) is 0.571.